The predicted molar refractivity (Wildman–Crippen MR) is 111 cm³/mol. The number of thiophene rings is 1. The summed E-state index contributed by atoms with van der Waals surface area (Å²) >= 11 is 1.78. The minimum atomic E-state index is -0.465. The highest BCUT2D eigenvalue weighted by molar-refractivity contribution is 7.25. The maximum absolute atomic E-state index is 11.7. The molecule has 4 rings (SSSR count). The van der Waals surface area contributed by atoms with Crippen molar-refractivity contribution in [2.45, 2.75) is 6.61 Å². The molecule has 1 amide bonds. The van der Waals surface area contributed by atoms with Crippen molar-refractivity contribution in [3.8, 4) is 11.8 Å². The lowest BCUT2D eigenvalue weighted by Gasteiger charge is -2.04. The maximum atomic E-state index is 11.7. The SMILES string of the molecule is O=C(NCC#Cc1ccc2sc3ccccc3c2c1)OCc1ccccc1. The average Bonchev–Trinajstić information content (AvgIpc) is 3.08. The smallest absolute Gasteiger partial charge is 0.408 e. The summed E-state index contributed by atoms with van der Waals surface area (Å²) in [6.07, 6.45) is -0.465. The lowest BCUT2D eigenvalue weighted by atomic mass is 10.1. The van der Waals surface area contributed by atoms with Gasteiger partial charge in [-0.25, -0.2) is 4.79 Å². The van der Waals surface area contributed by atoms with Gasteiger partial charge in [0, 0.05) is 25.7 Å². The summed E-state index contributed by atoms with van der Waals surface area (Å²) in [5.74, 6) is 6.08. The van der Waals surface area contributed by atoms with Crippen molar-refractivity contribution >= 4 is 37.6 Å². The van der Waals surface area contributed by atoms with E-state index in [1.807, 2.05) is 36.4 Å². The molecule has 0 saturated carbocycles. The lowest BCUT2D eigenvalue weighted by Crippen LogP contribution is -2.24. The van der Waals surface area contributed by atoms with Gasteiger partial charge in [0.1, 0.15) is 6.61 Å². The fraction of sp³-hybridized carbons (Fsp3) is 0.0870. The Morgan fingerprint density at radius 2 is 1.70 bits per heavy atom. The highest BCUT2D eigenvalue weighted by Gasteiger charge is 2.04. The zero-order valence-corrected chi connectivity index (χ0v) is 15.4. The van der Waals surface area contributed by atoms with Crippen molar-refractivity contribution < 1.29 is 9.53 Å². The number of nitrogens with one attached hydrogen (secondary N) is 1. The van der Waals surface area contributed by atoms with Gasteiger partial charge in [-0.3, -0.25) is 0 Å². The number of carbonyl (C=O) groups excluding carboxylic acids is 1. The Morgan fingerprint density at radius 3 is 2.59 bits per heavy atom. The van der Waals surface area contributed by atoms with Gasteiger partial charge in [0.2, 0.25) is 0 Å². The van der Waals surface area contributed by atoms with E-state index in [-0.39, 0.29) is 13.2 Å². The molecule has 0 aliphatic carbocycles. The Morgan fingerprint density at radius 1 is 0.926 bits per heavy atom. The van der Waals surface area contributed by atoms with Crippen LogP contribution in [0, 0.1) is 11.8 Å². The molecule has 0 radical (unpaired) electrons. The average molecular weight is 371 g/mol. The summed E-state index contributed by atoms with van der Waals surface area (Å²) in [6, 6.07) is 24.2. The summed E-state index contributed by atoms with van der Waals surface area (Å²) in [5, 5.41) is 5.13. The molecule has 0 bridgehead atoms. The molecule has 3 aromatic carbocycles. The predicted octanol–water partition coefficient (Wildman–Crippen LogP) is 5.33. The van der Waals surface area contributed by atoms with Gasteiger partial charge in [0.05, 0.1) is 6.54 Å². The Balaban J connectivity index is 1.36. The van der Waals surface area contributed by atoms with Crippen molar-refractivity contribution in [2.24, 2.45) is 0 Å². The first kappa shape index (κ1) is 17.1. The molecule has 1 aromatic heterocycles. The van der Waals surface area contributed by atoms with Crippen LogP contribution in [-0.2, 0) is 11.3 Å². The molecule has 0 fully saturated rings. The van der Waals surface area contributed by atoms with Crippen molar-refractivity contribution in [1.29, 1.82) is 0 Å². The summed E-state index contributed by atoms with van der Waals surface area (Å²) in [4.78, 5) is 11.7. The lowest BCUT2D eigenvalue weighted by molar-refractivity contribution is 0.141. The monoisotopic (exact) mass is 371 g/mol. The molecular formula is C23H17NO2S. The van der Waals surface area contributed by atoms with E-state index >= 15 is 0 Å². The largest absolute Gasteiger partial charge is 0.445 e. The van der Waals surface area contributed by atoms with Crippen LogP contribution in [0.15, 0.2) is 72.8 Å². The zero-order valence-electron chi connectivity index (χ0n) is 14.6. The van der Waals surface area contributed by atoms with Gasteiger partial charge in [-0.2, -0.15) is 0 Å². The highest BCUT2D eigenvalue weighted by atomic mass is 32.1. The summed E-state index contributed by atoms with van der Waals surface area (Å²) in [6.45, 7) is 0.498. The number of amides is 1. The van der Waals surface area contributed by atoms with E-state index in [9.17, 15) is 4.79 Å². The van der Waals surface area contributed by atoms with Crippen LogP contribution in [0.25, 0.3) is 20.2 Å². The Kier molecular flexibility index (Phi) is 5.04. The molecule has 27 heavy (non-hydrogen) atoms. The van der Waals surface area contributed by atoms with Crippen LogP contribution in [0.1, 0.15) is 11.1 Å². The first-order chi connectivity index (χ1) is 13.3. The second-order valence-corrected chi connectivity index (χ2v) is 7.11. The van der Waals surface area contributed by atoms with Gasteiger partial charge in [-0.05, 0) is 29.8 Å². The first-order valence-corrected chi connectivity index (χ1v) is 9.46. The van der Waals surface area contributed by atoms with Crippen molar-refractivity contribution in [3.05, 3.63) is 83.9 Å². The number of carbonyl (C=O) groups is 1. The minimum absolute atomic E-state index is 0.246. The maximum Gasteiger partial charge on any atom is 0.408 e. The first-order valence-electron chi connectivity index (χ1n) is 8.64. The van der Waals surface area contributed by atoms with Crippen LogP contribution >= 0.6 is 11.3 Å². The molecular weight excluding hydrogens is 354 g/mol. The molecule has 0 atom stereocenters. The standard InChI is InChI=1S/C23H17NO2S/c25-23(26-16-18-7-2-1-3-8-18)24-14-6-9-17-12-13-22-20(15-17)19-10-4-5-11-21(19)27-22/h1-5,7-8,10-13,15H,14,16H2,(H,24,25). The summed E-state index contributed by atoms with van der Waals surface area (Å²) in [5.41, 5.74) is 1.89. The van der Waals surface area contributed by atoms with Crippen molar-refractivity contribution in [3.63, 3.8) is 0 Å². The van der Waals surface area contributed by atoms with E-state index in [0.717, 1.165) is 11.1 Å². The fourth-order valence-corrected chi connectivity index (χ4v) is 3.93. The van der Waals surface area contributed by atoms with Crippen LogP contribution in [-0.4, -0.2) is 12.6 Å². The molecule has 0 aliphatic heterocycles. The summed E-state index contributed by atoms with van der Waals surface area (Å²) < 4.78 is 7.69. The van der Waals surface area contributed by atoms with E-state index in [1.54, 1.807) is 11.3 Å². The third-order valence-corrected chi connectivity index (χ3v) is 5.30. The molecule has 4 aromatic rings. The Labute approximate surface area is 161 Å². The third-order valence-electron chi connectivity index (χ3n) is 4.14. The van der Waals surface area contributed by atoms with Gasteiger partial charge >= 0.3 is 6.09 Å². The van der Waals surface area contributed by atoms with Gasteiger partial charge < -0.3 is 10.1 Å². The highest BCUT2D eigenvalue weighted by Crippen LogP contribution is 2.33. The minimum Gasteiger partial charge on any atom is -0.445 e. The zero-order chi connectivity index (χ0) is 18.5. The fourth-order valence-electron chi connectivity index (χ4n) is 2.84. The molecule has 0 saturated heterocycles. The molecule has 4 heteroatoms. The van der Waals surface area contributed by atoms with E-state index in [1.165, 1.54) is 20.2 Å². The van der Waals surface area contributed by atoms with E-state index in [2.05, 4.69) is 53.6 Å². The van der Waals surface area contributed by atoms with Crippen LogP contribution in [0.5, 0.6) is 0 Å². The van der Waals surface area contributed by atoms with Gasteiger partial charge in [0.15, 0.2) is 0 Å². The molecule has 132 valence electrons. The van der Waals surface area contributed by atoms with Crippen LogP contribution in [0.2, 0.25) is 0 Å². The van der Waals surface area contributed by atoms with Gasteiger partial charge in [-0.1, -0.05) is 60.4 Å². The molecule has 3 nitrogen and oxygen atoms in total. The second-order valence-electron chi connectivity index (χ2n) is 6.03. The third kappa shape index (κ3) is 4.11. The van der Waals surface area contributed by atoms with Crippen molar-refractivity contribution in [2.75, 3.05) is 6.54 Å². The Hall–Kier alpha value is -3.29. The second kappa shape index (κ2) is 7.94. The number of benzene rings is 3. The van der Waals surface area contributed by atoms with Crippen molar-refractivity contribution in [1.82, 2.24) is 5.32 Å². The molecule has 1 N–H and O–H groups in total. The van der Waals surface area contributed by atoms with Crippen LogP contribution < -0.4 is 5.32 Å². The molecule has 0 aliphatic rings. The van der Waals surface area contributed by atoms with Gasteiger partial charge in [0.25, 0.3) is 0 Å². The number of alkyl carbamates (subject to hydrolysis) is 1. The number of rotatable bonds is 3. The number of fused-ring (bicyclic) bond motifs is 3. The molecule has 0 spiro atoms. The normalized spacial score (nSPS) is 10.4. The van der Waals surface area contributed by atoms with Crippen LogP contribution in [0.3, 0.4) is 0 Å². The molecule has 0 unspecified atom stereocenters. The Bertz CT molecular complexity index is 1150. The van der Waals surface area contributed by atoms with E-state index in [4.69, 9.17) is 4.74 Å². The van der Waals surface area contributed by atoms with E-state index < -0.39 is 6.09 Å². The number of hydrogen-bond acceptors (Lipinski definition) is 3. The quantitative estimate of drug-likeness (QED) is 0.494. The number of ether oxygens (including phenoxy) is 1. The number of hydrogen-bond donors (Lipinski definition) is 1. The summed E-state index contributed by atoms with van der Waals surface area (Å²) in [7, 11) is 0. The van der Waals surface area contributed by atoms with Gasteiger partial charge in [-0.15, -0.1) is 11.3 Å². The topological polar surface area (TPSA) is 38.3 Å². The molecule has 1 heterocycles. The van der Waals surface area contributed by atoms with Crippen LogP contribution in [0.4, 0.5) is 4.79 Å². The van der Waals surface area contributed by atoms with E-state index in [0.29, 0.717) is 0 Å².